The van der Waals surface area contributed by atoms with Gasteiger partial charge >= 0.3 is 5.97 Å². The minimum Gasteiger partial charge on any atom is -0.494 e. The molecule has 10 heteroatoms. The van der Waals surface area contributed by atoms with E-state index in [9.17, 15) is 19.5 Å². The Kier molecular flexibility index (Phi) is 13.5. The molecule has 1 amide bonds. The smallest absolute Gasteiger partial charge is 0.331 e. The quantitative estimate of drug-likeness (QED) is 0.0679. The van der Waals surface area contributed by atoms with Gasteiger partial charge in [0.2, 0.25) is 5.91 Å². The molecule has 2 aromatic carbocycles. The lowest BCUT2D eigenvalue weighted by Gasteiger charge is -2.20. The lowest BCUT2D eigenvalue weighted by molar-refractivity contribution is -0.142. The van der Waals surface area contributed by atoms with Crippen LogP contribution in [0.25, 0.3) is 22.5 Å². The molecule has 0 aliphatic rings. The van der Waals surface area contributed by atoms with E-state index in [2.05, 4.69) is 43.0 Å². The van der Waals surface area contributed by atoms with Crippen LogP contribution >= 0.6 is 22.7 Å². The van der Waals surface area contributed by atoms with Crippen LogP contribution in [0.5, 0.6) is 5.75 Å². The van der Waals surface area contributed by atoms with Gasteiger partial charge in [0.15, 0.2) is 17.6 Å². The molecule has 0 radical (unpaired) electrons. The molecular weight excluding hydrogens is 691 g/mol. The van der Waals surface area contributed by atoms with Crippen molar-refractivity contribution >= 4 is 40.3 Å². The van der Waals surface area contributed by atoms with Crippen LogP contribution in [-0.2, 0) is 21.4 Å². The number of ketones is 1. The molecule has 272 valence electrons. The molecule has 0 bridgehead atoms. The van der Waals surface area contributed by atoms with Crippen LogP contribution in [0.15, 0.2) is 90.6 Å². The van der Waals surface area contributed by atoms with E-state index in [1.54, 1.807) is 29.9 Å². The summed E-state index contributed by atoms with van der Waals surface area (Å²) in [5.74, 6) is -1.14. The summed E-state index contributed by atoms with van der Waals surface area (Å²) in [4.78, 5) is 50.7. The number of thiophene rings is 2. The predicted molar refractivity (Wildman–Crippen MR) is 209 cm³/mol. The second-order valence-corrected chi connectivity index (χ2v) is 16.1. The fourth-order valence-electron chi connectivity index (χ4n) is 5.78. The first kappa shape index (κ1) is 38.6. The van der Waals surface area contributed by atoms with E-state index in [-0.39, 0.29) is 24.0 Å². The van der Waals surface area contributed by atoms with Crippen molar-refractivity contribution in [1.82, 2.24) is 15.3 Å². The van der Waals surface area contributed by atoms with Gasteiger partial charge in [0, 0.05) is 45.6 Å². The number of rotatable bonds is 18. The summed E-state index contributed by atoms with van der Waals surface area (Å²) >= 11 is 2.70. The van der Waals surface area contributed by atoms with E-state index in [4.69, 9.17) is 4.74 Å². The lowest BCUT2D eigenvalue weighted by Crippen LogP contribution is -2.38. The van der Waals surface area contributed by atoms with E-state index >= 15 is 0 Å². The number of unbranched alkanes of at least 4 members (excludes halogenated alkanes) is 4. The summed E-state index contributed by atoms with van der Waals surface area (Å²) in [6.07, 6.45) is 9.81. The molecule has 5 rings (SSSR count). The van der Waals surface area contributed by atoms with Crippen molar-refractivity contribution in [3.05, 3.63) is 111 Å². The van der Waals surface area contributed by atoms with E-state index in [1.165, 1.54) is 48.4 Å². The molecule has 0 aliphatic carbocycles. The Morgan fingerprint density at radius 3 is 2.15 bits per heavy atom. The van der Waals surface area contributed by atoms with Crippen molar-refractivity contribution < 1.29 is 24.2 Å². The van der Waals surface area contributed by atoms with Gasteiger partial charge in [-0.3, -0.25) is 9.59 Å². The molecule has 0 saturated heterocycles. The maximum absolute atomic E-state index is 13.7. The first-order valence-corrected chi connectivity index (χ1v) is 19.6. The topological polar surface area (TPSA) is 118 Å². The summed E-state index contributed by atoms with van der Waals surface area (Å²) < 4.78 is 5.90. The highest BCUT2D eigenvalue weighted by molar-refractivity contribution is 7.14. The average Bonchev–Trinajstić information content (AvgIpc) is 3.86. The van der Waals surface area contributed by atoms with Gasteiger partial charge in [0.25, 0.3) is 0 Å². The number of amides is 1. The van der Waals surface area contributed by atoms with Crippen molar-refractivity contribution in [2.45, 2.75) is 84.1 Å². The van der Waals surface area contributed by atoms with Crippen LogP contribution in [-0.4, -0.2) is 39.3 Å². The predicted octanol–water partition coefficient (Wildman–Crippen LogP) is 9.95. The zero-order valence-corrected chi connectivity index (χ0v) is 31.9. The Hall–Kier alpha value is -4.67. The molecule has 52 heavy (non-hydrogen) atoms. The highest BCUT2D eigenvalue weighted by Crippen LogP contribution is 2.31. The number of aromatic nitrogens is 2. The van der Waals surface area contributed by atoms with E-state index in [0.717, 1.165) is 45.9 Å². The fourth-order valence-corrected chi connectivity index (χ4v) is 7.56. The van der Waals surface area contributed by atoms with Gasteiger partial charge < -0.3 is 15.2 Å². The first-order chi connectivity index (χ1) is 25.0. The number of hydrogen-bond donors (Lipinski definition) is 2. The van der Waals surface area contributed by atoms with Crippen molar-refractivity contribution in [3.8, 4) is 28.3 Å². The van der Waals surface area contributed by atoms with Crippen LogP contribution in [0.2, 0.25) is 0 Å². The number of benzene rings is 2. The molecular formula is C42H47N3O5S2. The van der Waals surface area contributed by atoms with Crippen molar-refractivity contribution in [2.24, 2.45) is 5.92 Å². The number of carboxylic acids is 1. The standard InChI is InChI=1S/C42H47N3O5S2/c1-5-6-7-8-9-22-50-33-18-16-29(17-19-33)32-26-43-39(44-27-32)30-14-12-28(13-15-30)24-31(25-34(46)35-20-21-37(52-35)42(2,3)4)40(47)45-38(41(48)49)36-11-10-23-51-36/h10-21,23,26-27,31,38H,5-9,22,24-25H2,1-4H3,(H,45,47)(H,48,49)/t31-,38?/m1/s1. The van der Waals surface area contributed by atoms with Crippen LogP contribution in [0.3, 0.4) is 0 Å². The highest BCUT2D eigenvalue weighted by atomic mass is 32.1. The van der Waals surface area contributed by atoms with Gasteiger partial charge in [-0.15, -0.1) is 22.7 Å². The number of carboxylic acid groups (broad SMARTS) is 1. The minimum atomic E-state index is -1.20. The summed E-state index contributed by atoms with van der Waals surface area (Å²) in [7, 11) is 0. The third-order valence-electron chi connectivity index (χ3n) is 8.83. The van der Waals surface area contributed by atoms with Crippen LogP contribution in [0, 0.1) is 5.92 Å². The first-order valence-electron chi connectivity index (χ1n) is 17.9. The molecule has 8 nitrogen and oxygen atoms in total. The Bertz CT molecular complexity index is 1890. The number of hydrogen-bond acceptors (Lipinski definition) is 8. The van der Waals surface area contributed by atoms with E-state index < -0.39 is 23.8 Å². The second-order valence-electron chi connectivity index (χ2n) is 14.0. The monoisotopic (exact) mass is 737 g/mol. The van der Waals surface area contributed by atoms with Crippen molar-refractivity contribution in [3.63, 3.8) is 0 Å². The van der Waals surface area contributed by atoms with Crippen LogP contribution in [0.4, 0.5) is 0 Å². The number of nitrogens with zero attached hydrogens (tertiary/aromatic N) is 2. The van der Waals surface area contributed by atoms with E-state index in [0.29, 0.717) is 15.6 Å². The summed E-state index contributed by atoms with van der Waals surface area (Å²) in [6, 6.07) is 21.6. The number of Topliss-reactive ketones (excluding diaryl/α,β-unsaturated/α-hetero) is 1. The number of aliphatic carboxylic acids is 1. The molecule has 0 fully saturated rings. The zero-order chi connectivity index (χ0) is 37.1. The number of carbonyl (C=O) groups excluding carboxylic acids is 2. The van der Waals surface area contributed by atoms with Gasteiger partial charge in [-0.05, 0) is 65.1 Å². The third-order valence-corrected chi connectivity index (χ3v) is 11.3. The molecule has 3 heterocycles. The molecule has 0 aliphatic heterocycles. The van der Waals surface area contributed by atoms with Crippen LogP contribution < -0.4 is 10.1 Å². The van der Waals surface area contributed by atoms with Gasteiger partial charge in [0.1, 0.15) is 5.75 Å². The minimum absolute atomic E-state index is 0.0504. The molecule has 2 N–H and O–H groups in total. The molecule has 0 saturated carbocycles. The number of carbonyl (C=O) groups is 3. The van der Waals surface area contributed by atoms with Gasteiger partial charge in [0.05, 0.1) is 11.5 Å². The zero-order valence-electron chi connectivity index (χ0n) is 30.3. The Labute approximate surface area is 314 Å². The Morgan fingerprint density at radius 1 is 0.846 bits per heavy atom. The second kappa shape index (κ2) is 18.2. The van der Waals surface area contributed by atoms with Crippen molar-refractivity contribution in [1.29, 1.82) is 0 Å². The maximum atomic E-state index is 13.7. The fraction of sp³-hybridized carbons (Fsp3) is 0.357. The van der Waals surface area contributed by atoms with Gasteiger partial charge in [-0.25, -0.2) is 14.8 Å². The Morgan fingerprint density at radius 2 is 1.54 bits per heavy atom. The van der Waals surface area contributed by atoms with Gasteiger partial charge in [-0.1, -0.05) is 95.8 Å². The lowest BCUT2D eigenvalue weighted by atomic mass is 9.92. The molecule has 5 aromatic rings. The largest absolute Gasteiger partial charge is 0.494 e. The summed E-state index contributed by atoms with van der Waals surface area (Å²) in [5, 5.41) is 14.4. The average molecular weight is 738 g/mol. The molecule has 0 spiro atoms. The summed E-state index contributed by atoms with van der Waals surface area (Å²) in [5.41, 5.74) is 3.44. The SMILES string of the molecule is CCCCCCCOc1ccc(-c2cnc(-c3ccc(C[C@H](CC(=O)c4ccc(C(C)(C)C)s4)C(=O)NC(C(=O)O)c4cccs4)cc3)nc2)cc1. The third kappa shape index (κ3) is 10.7. The normalized spacial score (nSPS) is 12.6. The van der Waals surface area contributed by atoms with Crippen LogP contribution in [0.1, 0.15) is 97.3 Å². The highest BCUT2D eigenvalue weighted by Gasteiger charge is 2.30. The van der Waals surface area contributed by atoms with Gasteiger partial charge in [-0.2, -0.15) is 0 Å². The number of ether oxygens (including phenoxy) is 1. The Balaban J connectivity index is 1.25. The molecule has 2 atom stereocenters. The van der Waals surface area contributed by atoms with Crippen molar-refractivity contribution in [2.75, 3.05) is 6.61 Å². The van der Waals surface area contributed by atoms with E-state index in [1.807, 2.05) is 60.7 Å². The summed E-state index contributed by atoms with van der Waals surface area (Å²) in [6.45, 7) is 9.21. The number of nitrogens with one attached hydrogen (secondary N) is 1. The molecule has 3 aromatic heterocycles. The molecule has 1 unspecified atom stereocenters. The maximum Gasteiger partial charge on any atom is 0.331 e.